The Morgan fingerprint density at radius 2 is 2.10 bits per heavy atom. The van der Waals surface area contributed by atoms with E-state index < -0.39 is 10.9 Å². The standard InChI is InChI=1S/C14H17NO5/c1-19-14(16)11-6-7-12(15(17)18)13(8-11)20-9-10-4-2-3-5-10/h6-8,10H,2-5,9H2,1H3. The van der Waals surface area contributed by atoms with Crippen LogP contribution in [0.15, 0.2) is 18.2 Å². The second-order valence-corrected chi connectivity index (χ2v) is 4.89. The second-order valence-electron chi connectivity index (χ2n) is 4.89. The summed E-state index contributed by atoms with van der Waals surface area (Å²) in [6.45, 7) is 0.450. The van der Waals surface area contributed by atoms with Crippen molar-refractivity contribution in [2.45, 2.75) is 25.7 Å². The molecule has 20 heavy (non-hydrogen) atoms. The number of carbonyl (C=O) groups excluding carboxylic acids is 1. The number of nitro benzene ring substituents is 1. The van der Waals surface area contributed by atoms with Crippen molar-refractivity contribution in [3.8, 4) is 5.75 Å². The quantitative estimate of drug-likeness (QED) is 0.470. The van der Waals surface area contributed by atoms with Gasteiger partial charge in [-0.3, -0.25) is 10.1 Å². The molecule has 0 heterocycles. The third kappa shape index (κ3) is 3.26. The predicted molar refractivity (Wildman–Crippen MR) is 71.9 cm³/mol. The van der Waals surface area contributed by atoms with Crippen molar-refractivity contribution in [2.24, 2.45) is 5.92 Å². The van der Waals surface area contributed by atoms with Gasteiger partial charge in [-0.15, -0.1) is 0 Å². The summed E-state index contributed by atoms with van der Waals surface area (Å²) in [5.74, 6) is 0.0341. The zero-order valence-electron chi connectivity index (χ0n) is 11.3. The number of hydrogen-bond donors (Lipinski definition) is 0. The highest BCUT2D eigenvalue weighted by molar-refractivity contribution is 5.90. The van der Waals surface area contributed by atoms with Gasteiger partial charge in [-0.2, -0.15) is 0 Å². The Kier molecular flexibility index (Phi) is 4.55. The van der Waals surface area contributed by atoms with Crippen LogP contribution in [0.3, 0.4) is 0 Å². The minimum absolute atomic E-state index is 0.129. The van der Waals surface area contributed by atoms with E-state index in [2.05, 4.69) is 4.74 Å². The van der Waals surface area contributed by atoms with Crippen molar-refractivity contribution < 1.29 is 19.2 Å². The molecule has 0 amide bonds. The van der Waals surface area contributed by atoms with Crippen LogP contribution in [0.1, 0.15) is 36.0 Å². The highest BCUT2D eigenvalue weighted by atomic mass is 16.6. The maximum absolute atomic E-state index is 11.5. The first-order valence-electron chi connectivity index (χ1n) is 6.61. The Hall–Kier alpha value is -2.11. The van der Waals surface area contributed by atoms with Gasteiger partial charge in [0, 0.05) is 12.1 Å². The summed E-state index contributed by atoms with van der Waals surface area (Å²) >= 11 is 0. The first kappa shape index (κ1) is 14.3. The number of benzene rings is 1. The lowest BCUT2D eigenvalue weighted by atomic mass is 10.1. The zero-order chi connectivity index (χ0) is 14.5. The number of rotatable bonds is 5. The summed E-state index contributed by atoms with van der Waals surface area (Å²) in [4.78, 5) is 21.9. The van der Waals surface area contributed by atoms with Crippen LogP contribution in [0.25, 0.3) is 0 Å². The van der Waals surface area contributed by atoms with Crippen LogP contribution in [0.4, 0.5) is 5.69 Å². The Morgan fingerprint density at radius 3 is 2.70 bits per heavy atom. The molecule has 0 aliphatic heterocycles. The monoisotopic (exact) mass is 279 g/mol. The van der Waals surface area contributed by atoms with Gasteiger partial charge in [-0.05, 0) is 24.8 Å². The molecule has 0 N–H and O–H groups in total. The van der Waals surface area contributed by atoms with Gasteiger partial charge in [-0.25, -0.2) is 4.79 Å². The molecule has 1 aromatic carbocycles. The first-order valence-corrected chi connectivity index (χ1v) is 6.61. The molecule has 2 rings (SSSR count). The van der Waals surface area contributed by atoms with Crippen molar-refractivity contribution in [3.05, 3.63) is 33.9 Å². The van der Waals surface area contributed by atoms with Crippen LogP contribution in [0.2, 0.25) is 0 Å². The minimum Gasteiger partial charge on any atom is -0.487 e. The maximum Gasteiger partial charge on any atom is 0.337 e. The van der Waals surface area contributed by atoms with Gasteiger partial charge >= 0.3 is 11.7 Å². The van der Waals surface area contributed by atoms with E-state index >= 15 is 0 Å². The number of hydrogen-bond acceptors (Lipinski definition) is 5. The van der Waals surface area contributed by atoms with Crippen molar-refractivity contribution in [3.63, 3.8) is 0 Å². The number of nitro groups is 1. The highest BCUT2D eigenvalue weighted by Crippen LogP contribution is 2.31. The van der Waals surface area contributed by atoms with E-state index in [1.54, 1.807) is 0 Å². The predicted octanol–water partition coefficient (Wildman–Crippen LogP) is 2.95. The molecule has 1 saturated carbocycles. The third-order valence-electron chi connectivity index (χ3n) is 3.53. The fraction of sp³-hybridized carbons (Fsp3) is 0.500. The lowest BCUT2D eigenvalue weighted by Gasteiger charge is -2.12. The molecule has 0 atom stereocenters. The van der Waals surface area contributed by atoms with Gasteiger partial charge in [0.15, 0.2) is 5.75 Å². The molecule has 1 aromatic rings. The first-order chi connectivity index (χ1) is 9.61. The average molecular weight is 279 g/mol. The summed E-state index contributed by atoms with van der Waals surface area (Å²) in [5.41, 5.74) is 0.121. The van der Waals surface area contributed by atoms with E-state index in [4.69, 9.17) is 4.74 Å². The molecule has 6 heteroatoms. The van der Waals surface area contributed by atoms with Gasteiger partial charge in [0.2, 0.25) is 0 Å². The van der Waals surface area contributed by atoms with Crippen molar-refractivity contribution in [1.82, 2.24) is 0 Å². The number of nitrogens with zero attached hydrogens (tertiary/aromatic N) is 1. The van der Waals surface area contributed by atoms with Gasteiger partial charge in [0.1, 0.15) is 0 Å². The van der Waals surface area contributed by atoms with Crippen LogP contribution >= 0.6 is 0 Å². The Balaban J connectivity index is 2.17. The topological polar surface area (TPSA) is 78.7 Å². The molecule has 0 radical (unpaired) electrons. The van der Waals surface area contributed by atoms with Crippen LogP contribution in [0.5, 0.6) is 5.75 Å². The molecule has 0 unspecified atom stereocenters. The molecule has 1 aliphatic rings. The molecule has 0 bridgehead atoms. The van der Waals surface area contributed by atoms with E-state index in [9.17, 15) is 14.9 Å². The minimum atomic E-state index is -0.536. The maximum atomic E-state index is 11.5. The van der Waals surface area contributed by atoms with E-state index in [0.29, 0.717) is 12.5 Å². The molecule has 108 valence electrons. The lowest BCUT2D eigenvalue weighted by molar-refractivity contribution is -0.385. The highest BCUT2D eigenvalue weighted by Gasteiger charge is 2.21. The summed E-state index contributed by atoms with van der Waals surface area (Å²) in [6.07, 6.45) is 4.53. The Bertz CT molecular complexity index is 508. The molecule has 0 aromatic heterocycles. The van der Waals surface area contributed by atoms with Crippen molar-refractivity contribution in [2.75, 3.05) is 13.7 Å². The normalized spacial score (nSPS) is 15.1. The number of methoxy groups -OCH3 is 1. The number of ether oxygens (including phenoxy) is 2. The molecule has 0 spiro atoms. The van der Waals surface area contributed by atoms with Crippen molar-refractivity contribution >= 4 is 11.7 Å². The van der Waals surface area contributed by atoms with Crippen LogP contribution < -0.4 is 4.74 Å². The molecular formula is C14H17NO5. The number of esters is 1. The van der Waals surface area contributed by atoms with Gasteiger partial charge in [0.05, 0.1) is 24.2 Å². The van der Waals surface area contributed by atoms with Gasteiger partial charge < -0.3 is 9.47 Å². The summed E-state index contributed by atoms with van der Waals surface area (Å²) in [7, 11) is 1.27. The molecule has 1 aliphatic carbocycles. The zero-order valence-corrected chi connectivity index (χ0v) is 11.3. The molecular weight excluding hydrogens is 262 g/mol. The Labute approximate surface area is 116 Å². The largest absolute Gasteiger partial charge is 0.487 e. The lowest BCUT2D eigenvalue weighted by Crippen LogP contribution is -2.10. The van der Waals surface area contributed by atoms with E-state index in [0.717, 1.165) is 12.8 Å². The van der Waals surface area contributed by atoms with Crippen LogP contribution in [-0.2, 0) is 4.74 Å². The van der Waals surface area contributed by atoms with E-state index in [1.807, 2.05) is 0 Å². The van der Waals surface area contributed by atoms with Crippen LogP contribution in [-0.4, -0.2) is 24.6 Å². The number of carbonyl (C=O) groups is 1. The summed E-state index contributed by atoms with van der Waals surface area (Å²) in [6, 6.07) is 4.02. The van der Waals surface area contributed by atoms with Crippen molar-refractivity contribution in [1.29, 1.82) is 0 Å². The summed E-state index contributed by atoms with van der Waals surface area (Å²) in [5, 5.41) is 11.0. The molecule has 6 nitrogen and oxygen atoms in total. The summed E-state index contributed by atoms with van der Waals surface area (Å²) < 4.78 is 10.2. The van der Waals surface area contributed by atoms with Crippen LogP contribution in [0, 0.1) is 16.0 Å². The SMILES string of the molecule is COC(=O)c1ccc([N+](=O)[O-])c(OCC2CCCC2)c1. The van der Waals surface area contributed by atoms with E-state index in [-0.39, 0.29) is 17.0 Å². The van der Waals surface area contributed by atoms with Gasteiger partial charge in [-0.1, -0.05) is 12.8 Å². The van der Waals surface area contributed by atoms with E-state index in [1.165, 1.54) is 38.2 Å². The second kappa shape index (κ2) is 6.36. The third-order valence-corrected chi connectivity index (χ3v) is 3.53. The molecule has 1 fully saturated rings. The fourth-order valence-electron chi connectivity index (χ4n) is 2.41. The smallest absolute Gasteiger partial charge is 0.337 e. The Morgan fingerprint density at radius 1 is 1.40 bits per heavy atom. The van der Waals surface area contributed by atoms with Gasteiger partial charge in [0.25, 0.3) is 0 Å². The molecule has 0 saturated heterocycles. The fourth-order valence-corrected chi connectivity index (χ4v) is 2.41. The average Bonchev–Trinajstić information content (AvgIpc) is 2.97.